The first-order valence-electron chi connectivity index (χ1n) is 5.79. The van der Waals surface area contributed by atoms with Gasteiger partial charge < -0.3 is 0 Å². The van der Waals surface area contributed by atoms with Gasteiger partial charge in [-0.25, -0.2) is 0 Å². The Morgan fingerprint density at radius 1 is 1.10 bits per heavy atom. The van der Waals surface area contributed by atoms with Gasteiger partial charge in [-0.3, -0.25) is 14.9 Å². The van der Waals surface area contributed by atoms with Crippen LogP contribution in [0.15, 0.2) is 54.6 Å². The van der Waals surface area contributed by atoms with Gasteiger partial charge >= 0.3 is 0 Å². The zero-order valence-corrected chi connectivity index (χ0v) is 11.1. The second-order valence-electron chi connectivity index (χ2n) is 4.02. The van der Waals surface area contributed by atoms with E-state index in [1.54, 1.807) is 42.5 Å². The Balaban J connectivity index is 2.23. The normalized spacial score (nSPS) is 10.7. The topological polar surface area (TPSA) is 60.2 Å². The van der Waals surface area contributed by atoms with Crippen LogP contribution in [0.25, 0.3) is 6.08 Å². The molecule has 0 aliphatic rings. The molecule has 0 saturated heterocycles. The SMILES string of the molecule is O=C(/C=C/c1ccccc1[N+](=O)[O-])c1ccc(Cl)cc1. The van der Waals surface area contributed by atoms with Crippen molar-refractivity contribution in [1.82, 2.24) is 0 Å². The van der Waals surface area contributed by atoms with Crippen LogP contribution in [-0.4, -0.2) is 10.7 Å². The summed E-state index contributed by atoms with van der Waals surface area (Å²) in [6.45, 7) is 0. The van der Waals surface area contributed by atoms with Gasteiger partial charge in [0, 0.05) is 16.7 Å². The number of benzene rings is 2. The minimum atomic E-state index is -0.480. The average Bonchev–Trinajstić information content (AvgIpc) is 2.45. The van der Waals surface area contributed by atoms with Crippen molar-refractivity contribution in [3.63, 3.8) is 0 Å². The maximum Gasteiger partial charge on any atom is 0.276 e. The summed E-state index contributed by atoms with van der Waals surface area (Å²) in [5, 5.41) is 11.4. The maximum atomic E-state index is 11.9. The number of halogens is 1. The Labute approximate surface area is 120 Å². The van der Waals surface area contributed by atoms with Crippen LogP contribution >= 0.6 is 11.6 Å². The molecule has 0 aliphatic carbocycles. The quantitative estimate of drug-likeness (QED) is 0.367. The molecule has 0 atom stereocenters. The number of carbonyl (C=O) groups is 1. The van der Waals surface area contributed by atoms with Gasteiger partial charge in [0.15, 0.2) is 5.78 Å². The number of nitrogens with zero attached hydrogens (tertiary/aromatic N) is 1. The molecular formula is C15H10ClNO3. The van der Waals surface area contributed by atoms with Crippen molar-refractivity contribution in [2.24, 2.45) is 0 Å². The molecule has 5 heteroatoms. The lowest BCUT2D eigenvalue weighted by Gasteiger charge is -1.97. The number of nitro benzene ring substituents is 1. The second-order valence-corrected chi connectivity index (χ2v) is 4.46. The molecule has 0 N–H and O–H groups in total. The Morgan fingerprint density at radius 2 is 1.75 bits per heavy atom. The van der Waals surface area contributed by atoms with Gasteiger partial charge in [-0.15, -0.1) is 0 Å². The molecule has 0 spiro atoms. The summed E-state index contributed by atoms with van der Waals surface area (Å²) in [5.74, 6) is -0.236. The fraction of sp³-hybridized carbons (Fsp3) is 0. The summed E-state index contributed by atoms with van der Waals surface area (Å²) in [5.41, 5.74) is 0.830. The fourth-order valence-corrected chi connectivity index (χ4v) is 1.80. The van der Waals surface area contributed by atoms with E-state index in [-0.39, 0.29) is 11.5 Å². The molecule has 2 rings (SSSR count). The molecule has 0 aromatic heterocycles. The number of hydrogen-bond acceptors (Lipinski definition) is 3. The summed E-state index contributed by atoms with van der Waals surface area (Å²) in [6.07, 6.45) is 2.75. The van der Waals surface area contributed by atoms with Crippen molar-refractivity contribution in [2.45, 2.75) is 0 Å². The van der Waals surface area contributed by atoms with E-state index in [1.165, 1.54) is 18.2 Å². The molecule has 4 nitrogen and oxygen atoms in total. The van der Waals surface area contributed by atoms with Crippen molar-refractivity contribution in [2.75, 3.05) is 0 Å². The molecule has 2 aromatic rings. The van der Waals surface area contributed by atoms with E-state index in [9.17, 15) is 14.9 Å². The number of carbonyl (C=O) groups excluding carboxylic acids is 1. The lowest BCUT2D eigenvalue weighted by atomic mass is 10.1. The molecule has 0 bridgehead atoms. The first kappa shape index (κ1) is 14.0. The molecule has 0 radical (unpaired) electrons. The summed E-state index contributed by atoms with van der Waals surface area (Å²) in [6, 6.07) is 12.7. The van der Waals surface area contributed by atoms with E-state index in [4.69, 9.17) is 11.6 Å². The molecule has 0 fully saturated rings. The first-order chi connectivity index (χ1) is 9.58. The average molecular weight is 288 g/mol. The van der Waals surface area contributed by atoms with Crippen molar-refractivity contribution in [3.8, 4) is 0 Å². The van der Waals surface area contributed by atoms with E-state index in [2.05, 4.69) is 0 Å². The molecule has 0 aliphatic heterocycles. The molecule has 2 aromatic carbocycles. The van der Waals surface area contributed by atoms with Crippen LogP contribution in [0.3, 0.4) is 0 Å². The van der Waals surface area contributed by atoms with Crippen LogP contribution in [0.4, 0.5) is 5.69 Å². The smallest absolute Gasteiger partial charge is 0.276 e. The standard InChI is InChI=1S/C15H10ClNO3/c16-13-8-5-12(6-9-13)15(18)10-7-11-3-1-2-4-14(11)17(19)20/h1-10H/b10-7+. The molecular weight excluding hydrogens is 278 g/mol. The van der Waals surface area contributed by atoms with Crippen LogP contribution in [0.2, 0.25) is 5.02 Å². The van der Waals surface area contributed by atoms with Gasteiger partial charge in [-0.2, -0.15) is 0 Å². The zero-order valence-electron chi connectivity index (χ0n) is 10.3. The van der Waals surface area contributed by atoms with Crippen LogP contribution in [-0.2, 0) is 0 Å². The van der Waals surface area contributed by atoms with Gasteiger partial charge in [0.1, 0.15) is 0 Å². The van der Waals surface area contributed by atoms with Crippen LogP contribution in [0.1, 0.15) is 15.9 Å². The number of para-hydroxylation sites is 1. The van der Waals surface area contributed by atoms with Gasteiger partial charge in [-0.1, -0.05) is 23.7 Å². The van der Waals surface area contributed by atoms with Crippen LogP contribution < -0.4 is 0 Å². The largest absolute Gasteiger partial charge is 0.289 e. The van der Waals surface area contributed by atoms with Gasteiger partial charge in [-0.05, 0) is 42.5 Å². The highest BCUT2D eigenvalue weighted by Crippen LogP contribution is 2.19. The number of allylic oxidation sites excluding steroid dienone is 1. The first-order valence-corrected chi connectivity index (χ1v) is 6.17. The van der Waals surface area contributed by atoms with Crippen molar-refractivity contribution in [3.05, 3.63) is 80.9 Å². The third kappa shape index (κ3) is 3.30. The monoisotopic (exact) mass is 287 g/mol. The predicted octanol–water partition coefficient (Wildman–Crippen LogP) is 4.14. The highest BCUT2D eigenvalue weighted by Gasteiger charge is 2.10. The summed E-state index contributed by atoms with van der Waals surface area (Å²) in [4.78, 5) is 22.3. The Kier molecular flexibility index (Phi) is 4.27. The molecule has 20 heavy (non-hydrogen) atoms. The van der Waals surface area contributed by atoms with Crippen LogP contribution in [0, 0.1) is 10.1 Å². The Hall–Kier alpha value is -2.46. The summed E-state index contributed by atoms with van der Waals surface area (Å²) < 4.78 is 0. The third-order valence-electron chi connectivity index (χ3n) is 2.68. The summed E-state index contributed by atoms with van der Waals surface area (Å²) >= 11 is 5.74. The number of hydrogen-bond donors (Lipinski definition) is 0. The van der Waals surface area contributed by atoms with E-state index in [0.717, 1.165) is 0 Å². The fourth-order valence-electron chi connectivity index (χ4n) is 1.67. The van der Waals surface area contributed by atoms with Gasteiger partial charge in [0.2, 0.25) is 0 Å². The second kappa shape index (κ2) is 6.12. The zero-order chi connectivity index (χ0) is 14.5. The lowest BCUT2D eigenvalue weighted by molar-refractivity contribution is -0.385. The van der Waals surface area contributed by atoms with Crippen LogP contribution in [0.5, 0.6) is 0 Å². The maximum absolute atomic E-state index is 11.9. The number of ketones is 1. The molecule has 0 heterocycles. The van der Waals surface area contributed by atoms with Crippen molar-refractivity contribution < 1.29 is 9.72 Å². The van der Waals surface area contributed by atoms with Crippen molar-refractivity contribution >= 4 is 29.1 Å². The molecule has 0 saturated carbocycles. The number of nitro groups is 1. The number of rotatable bonds is 4. The highest BCUT2D eigenvalue weighted by atomic mass is 35.5. The molecule has 0 unspecified atom stereocenters. The Bertz CT molecular complexity index is 678. The minimum absolute atomic E-state index is 0.0346. The molecule has 0 amide bonds. The Morgan fingerprint density at radius 3 is 2.40 bits per heavy atom. The van der Waals surface area contributed by atoms with E-state index in [1.807, 2.05) is 0 Å². The minimum Gasteiger partial charge on any atom is -0.289 e. The third-order valence-corrected chi connectivity index (χ3v) is 2.93. The summed E-state index contributed by atoms with van der Waals surface area (Å²) in [7, 11) is 0. The highest BCUT2D eigenvalue weighted by molar-refractivity contribution is 6.30. The van der Waals surface area contributed by atoms with E-state index >= 15 is 0 Å². The predicted molar refractivity (Wildman–Crippen MR) is 77.9 cm³/mol. The lowest BCUT2D eigenvalue weighted by Crippen LogP contribution is -1.94. The van der Waals surface area contributed by atoms with Gasteiger partial charge in [0.05, 0.1) is 10.5 Å². The van der Waals surface area contributed by atoms with Crippen molar-refractivity contribution in [1.29, 1.82) is 0 Å². The van der Waals surface area contributed by atoms with E-state index in [0.29, 0.717) is 16.1 Å². The van der Waals surface area contributed by atoms with E-state index < -0.39 is 4.92 Å². The van der Waals surface area contributed by atoms with Gasteiger partial charge in [0.25, 0.3) is 5.69 Å². The molecule has 100 valence electrons.